The second-order valence-corrected chi connectivity index (χ2v) is 12.0. The van der Waals surface area contributed by atoms with Crippen LogP contribution >= 0.6 is 0 Å². The van der Waals surface area contributed by atoms with Gasteiger partial charge in [-0.3, -0.25) is 14.6 Å². The molecule has 7 nitrogen and oxygen atoms in total. The SMILES string of the molecule is Cc1ccnc2cc([C@@H]3C[C@@H]4O[C@]4(C)CCCC(C)[C@H](O)C(C)C(=O)C(C)(C)C(O)CC(=O)O3)ccc12. The fourth-order valence-electron chi connectivity index (χ4n) is 5.73. The Labute approximate surface area is 219 Å². The first-order chi connectivity index (χ1) is 17.3. The highest BCUT2D eigenvalue weighted by Crippen LogP contribution is 2.46. The van der Waals surface area contributed by atoms with Crippen molar-refractivity contribution in [1.82, 2.24) is 4.98 Å². The maximum absolute atomic E-state index is 13.3. The summed E-state index contributed by atoms with van der Waals surface area (Å²) in [4.78, 5) is 30.9. The van der Waals surface area contributed by atoms with Crippen LogP contribution in [0.3, 0.4) is 0 Å². The molecule has 3 unspecified atom stereocenters. The largest absolute Gasteiger partial charge is 0.457 e. The van der Waals surface area contributed by atoms with Gasteiger partial charge in [0.25, 0.3) is 0 Å². The third-order valence-electron chi connectivity index (χ3n) is 8.76. The lowest BCUT2D eigenvalue weighted by Crippen LogP contribution is -2.45. The molecule has 0 aliphatic carbocycles. The molecule has 0 spiro atoms. The normalized spacial score (nSPS) is 35.6. The zero-order valence-electron chi connectivity index (χ0n) is 22.9. The molecule has 202 valence electrons. The number of hydrogen-bond donors (Lipinski definition) is 2. The van der Waals surface area contributed by atoms with Crippen LogP contribution in [-0.4, -0.2) is 50.9 Å². The number of pyridine rings is 1. The average molecular weight is 512 g/mol. The number of aromatic nitrogens is 1. The quantitative estimate of drug-likeness (QED) is 0.417. The van der Waals surface area contributed by atoms with E-state index in [9.17, 15) is 19.8 Å². The van der Waals surface area contributed by atoms with E-state index in [1.807, 2.05) is 38.1 Å². The van der Waals surface area contributed by atoms with Crippen LogP contribution in [0.2, 0.25) is 0 Å². The van der Waals surface area contributed by atoms with Gasteiger partial charge >= 0.3 is 5.97 Å². The molecule has 2 N–H and O–H groups in total. The number of aliphatic hydroxyl groups is 2. The number of esters is 1. The van der Waals surface area contributed by atoms with Gasteiger partial charge in [-0.05, 0) is 55.9 Å². The van der Waals surface area contributed by atoms with E-state index in [0.29, 0.717) is 6.42 Å². The number of ether oxygens (including phenoxy) is 2. The number of nitrogens with zero attached hydrogens (tertiary/aromatic N) is 1. The summed E-state index contributed by atoms with van der Waals surface area (Å²) in [6.45, 7) is 11.0. The molecule has 2 aliphatic heterocycles. The van der Waals surface area contributed by atoms with E-state index in [1.54, 1.807) is 27.0 Å². The van der Waals surface area contributed by atoms with Gasteiger partial charge in [0.1, 0.15) is 11.9 Å². The summed E-state index contributed by atoms with van der Waals surface area (Å²) >= 11 is 0. The zero-order chi connectivity index (χ0) is 27.1. The van der Waals surface area contributed by atoms with Crippen molar-refractivity contribution < 1.29 is 29.3 Å². The van der Waals surface area contributed by atoms with Crippen LogP contribution in [-0.2, 0) is 19.1 Å². The second-order valence-electron chi connectivity index (χ2n) is 12.0. The standard InChI is InChI=1S/C30H41NO6/c1-17-11-13-31-22-14-20(9-10-21(17)22)23-15-25-30(6,37-25)12-7-8-18(2)27(34)19(3)28(35)29(4,5)24(32)16-26(33)36-23/h9-11,13-14,18-19,23-25,27,32,34H,7-8,12,15-16H2,1-6H3/t18?,19?,23-,24?,25-,27-,30+/m0/s1. The molecule has 2 aromatic rings. The van der Waals surface area contributed by atoms with Gasteiger partial charge in [0, 0.05) is 23.9 Å². The minimum atomic E-state index is -1.24. The molecular weight excluding hydrogens is 470 g/mol. The number of hydrogen-bond acceptors (Lipinski definition) is 7. The number of fused-ring (bicyclic) bond motifs is 2. The summed E-state index contributed by atoms with van der Waals surface area (Å²) in [5.41, 5.74) is 1.24. The van der Waals surface area contributed by atoms with Crippen molar-refractivity contribution in [3.05, 3.63) is 41.6 Å². The first kappa shape index (κ1) is 27.7. The van der Waals surface area contributed by atoms with E-state index >= 15 is 0 Å². The lowest BCUT2D eigenvalue weighted by molar-refractivity contribution is -0.156. The first-order valence-electron chi connectivity index (χ1n) is 13.5. The molecule has 1 aromatic heterocycles. The van der Waals surface area contributed by atoms with Crippen molar-refractivity contribution >= 4 is 22.7 Å². The molecule has 2 saturated heterocycles. The van der Waals surface area contributed by atoms with E-state index in [0.717, 1.165) is 41.3 Å². The van der Waals surface area contributed by atoms with Crippen molar-refractivity contribution in [1.29, 1.82) is 0 Å². The molecule has 3 heterocycles. The minimum absolute atomic E-state index is 0.0681. The average Bonchev–Trinajstić information content (AvgIpc) is 3.49. The Bertz CT molecular complexity index is 1160. The highest BCUT2D eigenvalue weighted by Gasteiger charge is 2.53. The fraction of sp³-hybridized carbons (Fsp3) is 0.633. The van der Waals surface area contributed by atoms with Crippen LogP contribution in [0.1, 0.15) is 84.0 Å². The number of ketones is 1. The van der Waals surface area contributed by atoms with Gasteiger partial charge in [0.05, 0.1) is 41.3 Å². The van der Waals surface area contributed by atoms with Gasteiger partial charge in [0.2, 0.25) is 0 Å². The van der Waals surface area contributed by atoms with Crippen molar-refractivity contribution in [2.24, 2.45) is 17.3 Å². The number of aryl methyl sites for hydroxylation is 1. The van der Waals surface area contributed by atoms with Crippen molar-refractivity contribution in [3.63, 3.8) is 0 Å². The molecule has 0 bridgehead atoms. The predicted molar refractivity (Wildman–Crippen MR) is 141 cm³/mol. The van der Waals surface area contributed by atoms with Crippen LogP contribution in [0, 0.1) is 24.2 Å². The Morgan fingerprint density at radius 2 is 1.81 bits per heavy atom. The third kappa shape index (κ3) is 5.74. The van der Waals surface area contributed by atoms with Gasteiger partial charge in [-0.2, -0.15) is 0 Å². The van der Waals surface area contributed by atoms with E-state index in [4.69, 9.17) is 9.47 Å². The molecule has 2 fully saturated rings. The monoisotopic (exact) mass is 511 g/mol. The number of cyclic esters (lactones) is 1. The zero-order valence-corrected chi connectivity index (χ0v) is 22.9. The second kappa shape index (κ2) is 10.4. The highest BCUT2D eigenvalue weighted by molar-refractivity contribution is 5.88. The fourth-order valence-corrected chi connectivity index (χ4v) is 5.73. The smallest absolute Gasteiger partial charge is 0.309 e. The Balaban J connectivity index is 1.63. The van der Waals surface area contributed by atoms with E-state index in [1.165, 1.54) is 0 Å². The Morgan fingerprint density at radius 1 is 1.08 bits per heavy atom. The maximum Gasteiger partial charge on any atom is 0.309 e. The molecule has 7 heteroatoms. The molecular formula is C30H41NO6. The van der Waals surface area contributed by atoms with Crippen molar-refractivity contribution in [2.75, 3.05) is 0 Å². The molecule has 7 atom stereocenters. The van der Waals surface area contributed by atoms with Crippen molar-refractivity contribution in [3.8, 4) is 0 Å². The summed E-state index contributed by atoms with van der Waals surface area (Å²) in [5, 5.41) is 22.9. The number of epoxide rings is 1. The van der Waals surface area contributed by atoms with Crippen LogP contribution in [0.5, 0.6) is 0 Å². The number of Topliss-reactive ketones (excluding diaryl/α,β-unsaturated/α-hetero) is 1. The third-order valence-corrected chi connectivity index (χ3v) is 8.76. The predicted octanol–water partition coefficient (Wildman–Crippen LogP) is 4.84. The molecule has 0 saturated carbocycles. The summed E-state index contributed by atoms with van der Waals surface area (Å²) in [7, 11) is 0. The number of carbonyl (C=O) groups excluding carboxylic acids is 2. The molecule has 0 radical (unpaired) electrons. The molecule has 0 amide bonds. The molecule has 4 rings (SSSR count). The topological polar surface area (TPSA) is 109 Å². The molecule has 37 heavy (non-hydrogen) atoms. The van der Waals surface area contributed by atoms with E-state index in [-0.39, 0.29) is 29.8 Å². The number of carbonyl (C=O) groups is 2. The van der Waals surface area contributed by atoms with E-state index in [2.05, 4.69) is 11.9 Å². The first-order valence-corrected chi connectivity index (χ1v) is 13.5. The Hall–Kier alpha value is -2.35. The highest BCUT2D eigenvalue weighted by atomic mass is 16.6. The van der Waals surface area contributed by atoms with Gasteiger partial charge in [-0.25, -0.2) is 0 Å². The van der Waals surface area contributed by atoms with E-state index < -0.39 is 35.6 Å². The van der Waals surface area contributed by atoms with Crippen LogP contribution in [0.4, 0.5) is 0 Å². The summed E-state index contributed by atoms with van der Waals surface area (Å²) < 4.78 is 12.1. The van der Waals surface area contributed by atoms with Gasteiger partial charge < -0.3 is 19.7 Å². The summed E-state index contributed by atoms with van der Waals surface area (Å²) in [6.07, 6.45) is 1.68. The van der Waals surface area contributed by atoms with Crippen LogP contribution in [0.25, 0.3) is 10.9 Å². The summed E-state index contributed by atoms with van der Waals surface area (Å²) in [6, 6.07) is 7.87. The lowest BCUT2D eigenvalue weighted by Gasteiger charge is -2.34. The number of benzene rings is 1. The van der Waals surface area contributed by atoms with Gasteiger partial charge in [-0.1, -0.05) is 46.2 Å². The van der Waals surface area contributed by atoms with Crippen LogP contribution < -0.4 is 0 Å². The lowest BCUT2D eigenvalue weighted by atomic mass is 9.73. The number of aliphatic hydroxyl groups excluding tert-OH is 2. The van der Waals surface area contributed by atoms with Gasteiger partial charge in [0.15, 0.2) is 0 Å². The summed E-state index contributed by atoms with van der Waals surface area (Å²) in [5.74, 6) is -1.58. The van der Waals surface area contributed by atoms with Crippen molar-refractivity contribution in [2.45, 2.75) is 104 Å². The molecule has 1 aromatic carbocycles. The molecule has 2 aliphatic rings. The van der Waals surface area contributed by atoms with Gasteiger partial charge in [-0.15, -0.1) is 0 Å². The minimum Gasteiger partial charge on any atom is -0.457 e. The Morgan fingerprint density at radius 3 is 2.54 bits per heavy atom. The van der Waals surface area contributed by atoms with Crippen LogP contribution in [0.15, 0.2) is 30.5 Å². The Kier molecular flexibility index (Phi) is 7.80. The number of rotatable bonds is 1. The maximum atomic E-state index is 13.3.